The summed E-state index contributed by atoms with van der Waals surface area (Å²) >= 11 is 0. The van der Waals surface area contributed by atoms with E-state index in [0.717, 1.165) is 5.56 Å². The summed E-state index contributed by atoms with van der Waals surface area (Å²) < 4.78 is 37.5. The Morgan fingerprint density at radius 1 is 1.39 bits per heavy atom. The summed E-state index contributed by atoms with van der Waals surface area (Å²) in [5.74, 6) is 0.678. The van der Waals surface area contributed by atoms with E-state index in [1.165, 1.54) is 6.08 Å². The third-order valence-corrected chi connectivity index (χ3v) is 2.96. The summed E-state index contributed by atoms with van der Waals surface area (Å²) in [5.41, 5.74) is 5.99. The molecule has 1 aliphatic heterocycles. The third-order valence-electron chi connectivity index (χ3n) is 2.96. The van der Waals surface area contributed by atoms with E-state index in [9.17, 15) is 13.2 Å². The van der Waals surface area contributed by atoms with Crippen LogP contribution in [0.3, 0.4) is 0 Å². The van der Waals surface area contributed by atoms with Crippen molar-refractivity contribution in [2.45, 2.75) is 19.1 Å². The maximum atomic E-state index is 12.5. The Kier molecular flexibility index (Phi) is 3.56. The lowest BCUT2D eigenvalue weighted by molar-refractivity contribution is -0.0944. The summed E-state index contributed by atoms with van der Waals surface area (Å²) in [7, 11) is 0. The van der Waals surface area contributed by atoms with E-state index in [-0.39, 0.29) is 13.0 Å². The van der Waals surface area contributed by atoms with E-state index < -0.39 is 11.7 Å². The van der Waals surface area contributed by atoms with Crippen LogP contribution in [0.4, 0.5) is 19.0 Å². The van der Waals surface area contributed by atoms with E-state index in [0.29, 0.717) is 18.9 Å². The lowest BCUT2D eigenvalue weighted by atomic mass is 10.1. The fourth-order valence-corrected chi connectivity index (χ4v) is 1.99. The molecule has 6 heteroatoms. The standard InChI is InChI=1S/C12H14F3N3/c13-12(14,15)10-3-6-18(7-4-10)11-9(8-16)2-1-5-17-11/h1-3,5H,4,6-8,16H2. The number of aromatic nitrogens is 1. The first-order valence-electron chi connectivity index (χ1n) is 5.67. The Morgan fingerprint density at radius 3 is 2.72 bits per heavy atom. The van der Waals surface area contributed by atoms with Gasteiger partial charge in [-0.3, -0.25) is 0 Å². The highest BCUT2D eigenvalue weighted by atomic mass is 19.4. The maximum absolute atomic E-state index is 12.5. The van der Waals surface area contributed by atoms with Crippen molar-refractivity contribution in [1.29, 1.82) is 0 Å². The fraction of sp³-hybridized carbons (Fsp3) is 0.417. The second kappa shape index (κ2) is 4.97. The van der Waals surface area contributed by atoms with Gasteiger partial charge in [-0.1, -0.05) is 12.1 Å². The van der Waals surface area contributed by atoms with Crippen molar-refractivity contribution in [2.75, 3.05) is 18.0 Å². The van der Waals surface area contributed by atoms with Crippen LogP contribution in [0.15, 0.2) is 30.0 Å². The van der Waals surface area contributed by atoms with Crippen LogP contribution in [0, 0.1) is 0 Å². The molecule has 0 saturated heterocycles. The lowest BCUT2D eigenvalue weighted by Crippen LogP contribution is -2.33. The molecule has 3 nitrogen and oxygen atoms in total. The number of pyridine rings is 1. The van der Waals surface area contributed by atoms with Crippen LogP contribution in [0.5, 0.6) is 0 Å². The van der Waals surface area contributed by atoms with Gasteiger partial charge in [-0.2, -0.15) is 13.2 Å². The highest BCUT2D eigenvalue weighted by molar-refractivity contribution is 5.48. The largest absolute Gasteiger partial charge is 0.412 e. The number of hydrogen-bond acceptors (Lipinski definition) is 3. The first kappa shape index (κ1) is 12.9. The summed E-state index contributed by atoms with van der Waals surface area (Å²) in [6, 6.07) is 3.61. The molecular formula is C12H14F3N3. The number of nitrogens with two attached hydrogens (primary N) is 1. The van der Waals surface area contributed by atoms with Crippen molar-refractivity contribution in [3.63, 3.8) is 0 Å². The molecule has 0 fully saturated rings. The Labute approximate surface area is 103 Å². The second-order valence-corrected chi connectivity index (χ2v) is 4.11. The molecule has 0 bridgehead atoms. The molecule has 0 aromatic carbocycles. The van der Waals surface area contributed by atoms with E-state index in [1.807, 2.05) is 11.0 Å². The molecule has 1 aromatic heterocycles. The molecule has 1 aromatic rings. The number of rotatable bonds is 2. The maximum Gasteiger partial charge on any atom is 0.412 e. The van der Waals surface area contributed by atoms with Crippen LogP contribution in [-0.2, 0) is 6.54 Å². The third kappa shape index (κ3) is 2.64. The average molecular weight is 257 g/mol. The van der Waals surface area contributed by atoms with Gasteiger partial charge in [-0.25, -0.2) is 4.98 Å². The highest BCUT2D eigenvalue weighted by Gasteiger charge is 2.35. The molecular weight excluding hydrogens is 243 g/mol. The van der Waals surface area contributed by atoms with Crippen LogP contribution < -0.4 is 10.6 Å². The van der Waals surface area contributed by atoms with Crippen LogP contribution in [-0.4, -0.2) is 24.2 Å². The normalized spacial score (nSPS) is 16.7. The molecule has 18 heavy (non-hydrogen) atoms. The van der Waals surface area contributed by atoms with Gasteiger partial charge in [-0.05, 0) is 12.5 Å². The first-order valence-corrected chi connectivity index (χ1v) is 5.67. The molecule has 0 amide bonds. The zero-order chi connectivity index (χ0) is 13.2. The van der Waals surface area contributed by atoms with Gasteiger partial charge in [0.15, 0.2) is 0 Å². The molecule has 0 radical (unpaired) electrons. The minimum atomic E-state index is -4.22. The van der Waals surface area contributed by atoms with Gasteiger partial charge in [0.25, 0.3) is 0 Å². The van der Waals surface area contributed by atoms with E-state index in [2.05, 4.69) is 4.98 Å². The van der Waals surface area contributed by atoms with E-state index >= 15 is 0 Å². The number of hydrogen-bond donors (Lipinski definition) is 1. The molecule has 2 rings (SSSR count). The summed E-state index contributed by atoms with van der Waals surface area (Å²) in [6.45, 7) is 0.865. The predicted molar refractivity (Wildman–Crippen MR) is 63.1 cm³/mol. The Bertz CT molecular complexity index is 454. The van der Waals surface area contributed by atoms with Crippen LogP contribution in [0.1, 0.15) is 12.0 Å². The van der Waals surface area contributed by atoms with Crippen molar-refractivity contribution in [2.24, 2.45) is 5.73 Å². The number of nitrogens with zero attached hydrogens (tertiary/aromatic N) is 2. The van der Waals surface area contributed by atoms with Crippen molar-refractivity contribution < 1.29 is 13.2 Å². The predicted octanol–water partition coefficient (Wildman–Crippen LogP) is 2.24. The van der Waals surface area contributed by atoms with E-state index in [1.54, 1.807) is 12.3 Å². The summed E-state index contributed by atoms with van der Waals surface area (Å²) in [6.07, 6.45) is -1.38. The monoisotopic (exact) mass is 257 g/mol. The Morgan fingerprint density at radius 2 is 2.17 bits per heavy atom. The molecule has 2 N–H and O–H groups in total. The number of anilines is 1. The molecule has 0 atom stereocenters. The zero-order valence-electron chi connectivity index (χ0n) is 9.74. The Hall–Kier alpha value is -1.56. The Balaban J connectivity index is 2.17. The molecule has 0 saturated carbocycles. The minimum absolute atomic E-state index is 0.00984. The number of alkyl halides is 3. The topological polar surface area (TPSA) is 42.1 Å². The van der Waals surface area contributed by atoms with Gasteiger partial charge in [0.1, 0.15) is 5.82 Å². The first-order chi connectivity index (χ1) is 8.52. The van der Waals surface area contributed by atoms with Gasteiger partial charge >= 0.3 is 6.18 Å². The lowest BCUT2D eigenvalue weighted by Gasteiger charge is -2.29. The van der Waals surface area contributed by atoms with Crippen LogP contribution in [0.2, 0.25) is 0 Å². The van der Waals surface area contributed by atoms with Crippen LogP contribution in [0.25, 0.3) is 0 Å². The van der Waals surface area contributed by atoms with Crippen molar-refractivity contribution in [1.82, 2.24) is 4.98 Å². The molecule has 0 unspecified atom stereocenters. The van der Waals surface area contributed by atoms with Crippen molar-refractivity contribution in [3.8, 4) is 0 Å². The van der Waals surface area contributed by atoms with Crippen molar-refractivity contribution in [3.05, 3.63) is 35.5 Å². The zero-order valence-corrected chi connectivity index (χ0v) is 9.74. The van der Waals surface area contributed by atoms with Crippen molar-refractivity contribution >= 4 is 5.82 Å². The van der Waals surface area contributed by atoms with Crippen LogP contribution >= 0.6 is 0 Å². The molecule has 0 spiro atoms. The van der Waals surface area contributed by atoms with Gasteiger partial charge in [0, 0.05) is 37.0 Å². The summed E-state index contributed by atoms with van der Waals surface area (Å²) in [5, 5.41) is 0. The molecule has 1 aliphatic rings. The molecule has 0 aliphatic carbocycles. The van der Waals surface area contributed by atoms with Gasteiger partial charge in [0.2, 0.25) is 0 Å². The summed E-state index contributed by atoms with van der Waals surface area (Å²) in [4.78, 5) is 6.01. The second-order valence-electron chi connectivity index (χ2n) is 4.11. The van der Waals surface area contributed by atoms with E-state index in [4.69, 9.17) is 5.73 Å². The van der Waals surface area contributed by atoms with Gasteiger partial charge in [0.05, 0.1) is 0 Å². The smallest absolute Gasteiger partial charge is 0.352 e. The fourth-order valence-electron chi connectivity index (χ4n) is 1.99. The molecule has 98 valence electrons. The quantitative estimate of drug-likeness (QED) is 0.826. The number of halogens is 3. The molecule has 2 heterocycles. The highest BCUT2D eigenvalue weighted by Crippen LogP contribution is 2.31. The van der Waals surface area contributed by atoms with Gasteiger partial charge in [-0.15, -0.1) is 0 Å². The average Bonchev–Trinajstić information content (AvgIpc) is 2.38. The SMILES string of the molecule is NCc1cccnc1N1CC=C(C(F)(F)F)CC1. The minimum Gasteiger partial charge on any atom is -0.352 e. The van der Waals surface area contributed by atoms with Gasteiger partial charge < -0.3 is 10.6 Å².